The van der Waals surface area contributed by atoms with Crippen LogP contribution in [0, 0.1) is 4.77 Å². The lowest BCUT2D eigenvalue weighted by atomic mass is 10.2. The van der Waals surface area contributed by atoms with E-state index in [2.05, 4.69) is 15.2 Å². The Hall–Kier alpha value is -1.54. The minimum Gasteiger partial charge on any atom is -0.298 e. The van der Waals surface area contributed by atoms with Crippen LogP contribution in [-0.4, -0.2) is 39.2 Å². The molecule has 0 radical (unpaired) electrons. The number of nitrogens with one attached hydrogen (secondary N) is 1. The Morgan fingerprint density at radius 3 is 2.95 bits per heavy atom. The van der Waals surface area contributed by atoms with Crippen molar-refractivity contribution in [2.24, 2.45) is 0 Å². The van der Waals surface area contributed by atoms with Crippen LogP contribution >= 0.6 is 12.2 Å². The molecule has 1 unspecified atom stereocenters. The Kier molecular flexibility index (Phi) is 3.43. The zero-order valence-corrected chi connectivity index (χ0v) is 12.3. The Morgan fingerprint density at radius 1 is 1.45 bits per heavy atom. The highest BCUT2D eigenvalue weighted by molar-refractivity contribution is 7.92. The van der Waals surface area contributed by atoms with E-state index in [0.29, 0.717) is 29.3 Å². The number of pyridine rings is 1. The van der Waals surface area contributed by atoms with Crippen molar-refractivity contribution in [3.05, 3.63) is 29.2 Å². The first-order valence-electron chi connectivity index (χ1n) is 6.36. The number of rotatable bonds is 3. The molecule has 6 nitrogen and oxygen atoms in total. The fraction of sp³-hybridized carbons (Fsp3) is 0.417. The lowest BCUT2D eigenvalue weighted by Gasteiger charge is -2.11. The van der Waals surface area contributed by atoms with Gasteiger partial charge in [-0.15, -0.1) is 0 Å². The minimum atomic E-state index is -3.01. The summed E-state index contributed by atoms with van der Waals surface area (Å²) >= 11 is 5.20. The van der Waals surface area contributed by atoms with Crippen molar-refractivity contribution in [1.82, 2.24) is 19.7 Å². The maximum absolute atomic E-state index is 12.0. The number of hydrogen-bond donors (Lipinski definition) is 1. The van der Waals surface area contributed by atoms with Crippen molar-refractivity contribution >= 4 is 22.1 Å². The molecule has 3 heterocycles. The van der Waals surface area contributed by atoms with Crippen molar-refractivity contribution in [2.75, 3.05) is 5.75 Å². The van der Waals surface area contributed by atoms with Gasteiger partial charge in [-0.3, -0.25) is 14.6 Å². The fourth-order valence-electron chi connectivity index (χ4n) is 2.44. The monoisotopic (exact) mass is 310 g/mol. The van der Waals surface area contributed by atoms with Crippen LogP contribution in [0.15, 0.2) is 24.4 Å². The summed E-state index contributed by atoms with van der Waals surface area (Å²) in [4.78, 5) is 4.23. The molecular weight excluding hydrogens is 296 g/mol. The number of sulfone groups is 1. The van der Waals surface area contributed by atoms with E-state index in [1.807, 2.05) is 18.2 Å². The third kappa shape index (κ3) is 2.40. The lowest BCUT2D eigenvalue weighted by molar-refractivity contribution is 0.565. The van der Waals surface area contributed by atoms with Gasteiger partial charge in [-0.05, 0) is 37.2 Å². The quantitative estimate of drug-likeness (QED) is 0.871. The van der Waals surface area contributed by atoms with Crippen molar-refractivity contribution in [3.63, 3.8) is 0 Å². The third-order valence-corrected chi connectivity index (χ3v) is 6.07. The molecule has 1 aliphatic rings. The molecule has 1 saturated heterocycles. The van der Waals surface area contributed by atoms with Gasteiger partial charge >= 0.3 is 0 Å². The van der Waals surface area contributed by atoms with E-state index in [0.717, 1.165) is 6.42 Å². The van der Waals surface area contributed by atoms with Gasteiger partial charge in [0, 0.05) is 12.7 Å². The Morgan fingerprint density at radius 2 is 2.30 bits per heavy atom. The van der Waals surface area contributed by atoms with Gasteiger partial charge in [-0.25, -0.2) is 8.42 Å². The Labute approximate surface area is 121 Å². The number of nitrogens with zero attached hydrogens (tertiary/aromatic N) is 3. The summed E-state index contributed by atoms with van der Waals surface area (Å²) in [7, 11) is -3.01. The van der Waals surface area contributed by atoms with Gasteiger partial charge in [-0.2, -0.15) is 5.10 Å². The van der Waals surface area contributed by atoms with E-state index in [-0.39, 0.29) is 11.0 Å². The Bertz CT molecular complexity index is 764. The second-order valence-electron chi connectivity index (χ2n) is 4.81. The van der Waals surface area contributed by atoms with E-state index in [9.17, 15) is 8.42 Å². The molecule has 0 amide bonds. The van der Waals surface area contributed by atoms with Gasteiger partial charge in [0.1, 0.15) is 5.69 Å². The highest BCUT2D eigenvalue weighted by atomic mass is 32.2. The highest BCUT2D eigenvalue weighted by Gasteiger charge is 2.32. The van der Waals surface area contributed by atoms with Crippen molar-refractivity contribution in [1.29, 1.82) is 0 Å². The predicted octanol–water partition coefficient (Wildman–Crippen LogP) is 1.58. The summed E-state index contributed by atoms with van der Waals surface area (Å²) in [6, 6.07) is 5.50. The van der Waals surface area contributed by atoms with Crippen molar-refractivity contribution in [3.8, 4) is 11.5 Å². The number of H-pyrrole nitrogens is 1. The summed E-state index contributed by atoms with van der Waals surface area (Å²) in [5, 5.41) is 6.50. The number of hydrogen-bond acceptors (Lipinski definition) is 5. The molecule has 1 N–H and O–H groups in total. The molecule has 0 aromatic carbocycles. The van der Waals surface area contributed by atoms with E-state index in [1.54, 1.807) is 10.8 Å². The average Bonchev–Trinajstić information content (AvgIpc) is 2.96. The zero-order valence-electron chi connectivity index (χ0n) is 10.7. The van der Waals surface area contributed by atoms with Crippen LogP contribution in [0.25, 0.3) is 11.5 Å². The number of aromatic nitrogens is 4. The molecule has 20 heavy (non-hydrogen) atoms. The van der Waals surface area contributed by atoms with E-state index >= 15 is 0 Å². The van der Waals surface area contributed by atoms with Crippen molar-refractivity contribution < 1.29 is 8.42 Å². The maximum Gasteiger partial charge on any atom is 0.195 e. The largest absolute Gasteiger partial charge is 0.298 e. The van der Waals surface area contributed by atoms with E-state index in [1.165, 1.54) is 0 Å². The molecule has 106 valence electrons. The smallest absolute Gasteiger partial charge is 0.195 e. The van der Waals surface area contributed by atoms with Crippen LogP contribution < -0.4 is 0 Å². The van der Waals surface area contributed by atoms with Crippen LogP contribution in [-0.2, 0) is 16.4 Å². The summed E-state index contributed by atoms with van der Waals surface area (Å²) < 4.78 is 26.1. The van der Waals surface area contributed by atoms with Gasteiger partial charge < -0.3 is 0 Å². The maximum atomic E-state index is 12.0. The molecule has 0 bridgehead atoms. The highest BCUT2D eigenvalue weighted by Crippen LogP contribution is 2.23. The molecule has 1 aliphatic heterocycles. The summed E-state index contributed by atoms with van der Waals surface area (Å²) in [5.41, 5.74) is 0.676. The minimum absolute atomic E-state index is 0.266. The zero-order chi connectivity index (χ0) is 14.2. The van der Waals surface area contributed by atoms with Gasteiger partial charge in [0.25, 0.3) is 0 Å². The topological polar surface area (TPSA) is 80.6 Å². The van der Waals surface area contributed by atoms with E-state index < -0.39 is 9.84 Å². The van der Waals surface area contributed by atoms with Crippen LogP contribution in [0.2, 0.25) is 0 Å². The fourth-order valence-corrected chi connectivity index (χ4v) is 4.46. The van der Waals surface area contributed by atoms with Gasteiger partial charge in [0.2, 0.25) is 0 Å². The van der Waals surface area contributed by atoms with Gasteiger partial charge in [0.05, 0.1) is 11.0 Å². The molecule has 1 fully saturated rings. The number of aromatic amines is 1. The molecule has 0 aliphatic carbocycles. The predicted molar refractivity (Wildman–Crippen MR) is 77.5 cm³/mol. The van der Waals surface area contributed by atoms with Crippen LogP contribution in [0.5, 0.6) is 0 Å². The van der Waals surface area contributed by atoms with Crippen LogP contribution in [0.1, 0.15) is 12.8 Å². The first kappa shape index (κ1) is 13.4. The van der Waals surface area contributed by atoms with E-state index in [4.69, 9.17) is 12.2 Å². The SMILES string of the molecule is O=S1(=O)CCCC1Cn1c(-c2ccccn2)n[nH]c1=S. The molecule has 2 aromatic heterocycles. The van der Waals surface area contributed by atoms with Gasteiger partial charge in [-0.1, -0.05) is 6.07 Å². The molecule has 8 heteroatoms. The normalized spacial score (nSPS) is 21.1. The van der Waals surface area contributed by atoms with Crippen LogP contribution in [0.3, 0.4) is 0 Å². The molecule has 0 spiro atoms. The van der Waals surface area contributed by atoms with Crippen molar-refractivity contribution in [2.45, 2.75) is 24.6 Å². The standard InChI is InChI=1S/C12H14N4O2S2/c17-20(18)7-3-4-9(20)8-16-11(14-15-12(16)19)10-5-1-2-6-13-10/h1-2,5-6,9H,3-4,7-8H2,(H,15,19). The third-order valence-electron chi connectivity index (χ3n) is 3.50. The summed E-state index contributed by atoms with van der Waals surface area (Å²) in [6.07, 6.45) is 3.07. The molecule has 1 atom stereocenters. The molecular formula is C12H14N4O2S2. The molecule has 3 rings (SSSR count). The molecule has 0 saturated carbocycles. The average molecular weight is 310 g/mol. The lowest BCUT2D eigenvalue weighted by Crippen LogP contribution is -2.22. The van der Waals surface area contributed by atoms with Crippen LogP contribution in [0.4, 0.5) is 0 Å². The Balaban J connectivity index is 1.99. The first-order chi connectivity index (χ1) is 9.58. The molecule has 2 aromatic rings. The second-order valence-corrected chi connectivity index (χ2v) is 7.60. The summed E-state index contributed by atoms with van der Waals surface area (Å²) in [6.45, 7) is 0.337. The summed E-state index contributed by atoms with van der Waals surface area (Å²) in [5.74, 6) is 0.847. The van der Waals surface area contributed by atoms with Gasteiger partial charge in [0.15, 0.2) is 20.4 Å². The first-order valence-corrected chi connectivity index (χ1v) is 8.48. The second kappa shape index (κ2) is 5.10.